The molecule has 3 rings (SSSR count). The van der Waals surface area contributed by atoms with Crippen LogP contribution in [0.1, 0.15) is 12.8 Å². The summed E-state index contributed by atoms with van der Waals surface area (Å²) in [6.45, 7) is 1.76. The van der Waals surface area contributed by atoms with Crippen molar-refractivity contribution in [3.63, 3.8) is 0 Å². The SMILES string of the molecule is NC1CCN(c2cnoc2-c2cccc(F)c2)CC1. The van der Waals surface area contributed by atoms with Crippen molar-refractivity contribution < 1.29 is 8.91 Å². The Morgan fingerprint density at radius 2 is 2.11 bits per heavy atom. The lowest BCUT2D eigenvalue weighted by atomic mass is 10.0. The highest BCUT2D eigenvalue weighted by Crippen LogP contribution is 2.32. The predicted molar refractivity (Wildman–Crippen MR) is 71.3 cm³/mol. The Hall–Kier alpha value is -1.88. The quantitative estimate of drug-likeness (QED) is 0.902. The van der Waals surface area contributed by atoms with E-state index in [9.17, 15) is 4.39 Å². The molecule has 100 valence electrons. The number of benzene rings is 1. The van der Waals surface area contributed by atoms with Gasteiger partial charge in [-0.3, -0.25) is 0 Å². The van der Waals surface area contributed by atoms with Gasteiger partial charge in [0.25, 0.3) is 0 Å². The summed E-state index contributed by atoms with van der Waals surface area (Å²) in [6.07, 6.45) is 3.60. The topological polar surface area (TPSA) is 55.3 Å². The molecule has 0 bridgehead atoms. The molecule has 1 saturated heterocycles. The zero-order valence-corrected chi connectivity index (χ0v) is 10.6. The molecule has 0 amide bonds. The van der Waals surface area contributed by atoms with Gasteiger partial charge in [-0.05, 0) is 25.0 Å². The van der Waals surface area contributed by atoms with Crippen LogP contribution in [0.2, 0.25) is 0 Å². The van der Waals surface area contributed by atoms with Crippen LogP contribution < -0.4 is 10.6 Å². The molecule has 5 heteroatoms. The van der Waals surface area contributed by atoms with Gasteiger partial charge in [0.2, 0.25) is 0 Å². The number of anilines is 1. The molecular weight excluding hydrogens is 245 g/mol. The average Bonchev–Trinajstić information content (AvgIpc) is 2.89. The summed E-state index contributed by atoms with van der Waals surface area (Å²) in [5, 5.41) is 3.85. The fourth-order valence-corrected chi connectivity index (χ4v) is 2.43. The summed E-state index contributed by atoms with van der Waals surface area (Å²) in [6, 6.07) is 6.64. The van der Waals surface area contributed by atoms with E-state index in [0.29, 0.717) is 11.3 Å². The van der Waals surface area contributed by atoms with Gasteiger partial charge in [0.15, 0.2) is 5.76 Å². The molecule has 0 aliphatic carbocycles. The maximum Gasteiger partial charge on any atom is 0.190 e. The molecule has 1 aromatic carbocycles. The molecule has 0 atom stereocenters. The van der Waals surface area contributed by atoms with Crippen LogP contribution >= 0.6 is 0 Å². The van der Waals surface area contributed by atoms with Crippen molar-refractivity contribution >= 4 is 5.69 Å². The molecule has 0 spiro atoms. The number of hydrogen-bond donors (Lipinski definition) is 1. The minimum Gasteiger partial charge on any atom is -0.367 e. The molecule has 1 aliphatic heterocycles. The molecule has 0 radical (unpaired) electrons. The third-order valence-corrected chi connectivity index (χ3v) is 3.52. The van der Waals surface area contributed by atoms with Crippen LogP contribution in [-0.4, -0.2) is 24.3 Å². The van der Waals surface area contributed by atoms with Crippen molar-refractivity contribution in [3.05, 3.63) is 36.3 Å². The molecule has 0 saturated carbocycles. The summed E-state index contributed by atoms with van der Waals surface area (Å²) in [4.78, 5) is 2.19. The van der Waals surface area contributed by atoms with E-state index in [-0.39, 0.29) is 11.9 Å². The minimum atomic E-state index is -0.277. The maximum atomic E-state index is 13.3. The van der Waals surface area contributed by atoms with Crippen LogP contribution in [0.5, 0.6) is 0 Å². The van der Waals surface area contributed by atoms with E-state index in [2.05, 4.69) is 10.1 Å². The van der Waals surface area contributed by atoms with Gasteiger partial charge in [0, 0.05) is 24.7 Å². The Balaban J connectivity index is 1.90. The molecule has 1 aliphatic rings. The first kappa shape index (κ1) is 12.2. The van der Waals surface area contributed by atoms with E-state index >= 15 is 0 Å². The Morgan fingerprint density at radius 3 is 2.84 bits per heavy atom. The van der Waals surface area contributed by atoms with Crippen LogP contribution in [0.15, 0.2) is 35.0 Å². The van der Waals surface area contributed by atoms with Gasteiger partial charge < -0.3 is 15.2 Å². The van der Waals surface area contributed by atoms with E-state index in [4.69, 9.17) is 10.3 Å². The van der Waals surface area contributed by atoms with Gasteiger partial charge in [0.1, 0.15) is 11.5 Å². The van der Waals surface area contributed by atoms with Crippen molar-refractivity contribution in [2.45, 2.75) is 18.9 Å². The molecule has 1 aromatic heterocycles. The predicted octanol–water partition coefficient (Wildman–Crippen LogP) is 2.41. The molecule has 2 heterocycles. The van der Waals surface area contributed by atoms with E-state index in [0.717, 1.165) is 31.6 Å². The number of rotatable bonds is 2. The second kappa shape index (κ2) is 5.01. The number of hydrogen-bond acceptors (Lipinski definition) is 4. The molecule has 1 fully saturated rings. The highest BCUT2D eigenvalue weighted by molar-refractivity contribution is 5.72. The summed E-state index contributed by atoms with van der Waals surface area (Å²) in [7, 11) is 0. The minimum absolute atomic E-state index is 0.272. The van der Waals surface area contributed by atoms with Crippen molar-refractivity contribution in [2.24, 2.45) is 5.73 Å². The van der Waals surface area contributed by atoms with E-state index in [1.807, 2.05) is 6.07 Å². The number of nitrogens with zero attached hydrogens (tertiary/aromatic N) is 2. The van der Waals surface area contributed by atoms with E-state index in [1.54, 1.807) is 12.3 Å². The Labute approximate surface area is 111 Å². The van der Waals surface area contributed by atoms with Gasteiger partial charge in [0.05, 0.1) is 6.20 Å². The molecule has 0 unspecified atom stereocenters. The van der Waals surface area contributed by atoms with Crippen LogP contribution in [0.4, 0.5) is 10.1 Å². The molecule has 19 heavy (non-hydrogen) atoms. The number of nitrogens with two attached hydrogens (primary N) is 1. The number of piperidine rings is 1. The van der Waals surface area contributed by atoms with Gasteiger partial charge in [-0.15, -0.1) is 0 Å². The van der Waals surface area contributed by atoms with Gasteiger partial charge in [-0.2, -0.15) is 0 Å². The first-order chi connectivity index (χ1) is 9.24. The van der Waals surface area contributed by atoms with Crippen molar-refractivity contribution in [3.8, 4) is 11.3 Å². The monoisotopic (exact) mass is 261 g/mol. The van der Waals surface area contributed by atoms with E-state index in [1.165, 1.54) is 12.1 Å². The number of aromatic nitrogens is 1. The second-order valence-corrected chi connectivity index (χ2v) is 4.87. The zero-order valence-electron chi connectivity index (χ0n) is 10.6. The standard InChI is InChI=1S/C14H16FN3O/c15-11-3-1-2-10(8-11)14-13(9-17-19-14)18-6-4-12(16)5-7-18/h1-3,8-9,12H,4-7,16H2. The third kappa shape index (κ3) is 2.46. The maximum absolute atomic E-state index is 13.3. The van der Waals surface area contributed by atoms with Gasteiger partial charge >= 0.3 is 0 Å². The molecule has 4 nitrogen and oxygen atoms in total. The fourth-order valence-electron chi connectivity index (χ4n) is 2.43. The largest absolute Gasteiger partial charge is 0.367 e. The zero-order chi connectivity index (χ0) is 13.2. The highest BCUT2D eigenvalue weighted by atomic mass is 19.1. The number of halogens is 1. The first-order valence-electron chi connectivity index (χ1n) is 6.45. The van der Waals surface area contributed by atoms with Crippen molar-refractivity contribution in [1.29, 1.82) is 0 Å². The lowest BCUT2D eigenvalue weighted by Gasteiger charge is -2.31. The summed E-state index contributed by atoms with van der Waals surface area (Å²) in [5.74, 6) is 0.343. The smallest absolute Gasteiger partial charge is 0.190 e. The Morgan fingerprint density at radius 1 is 1.32 bits per heavy atom. The van der Waals surface area contributed by atoms with Crippen LogP contribution in [0.3, 0.4) is 0 Å². The lowest BCUT2D eigenvalue weighted by Crippen LogP contribution is -2.39. The van der Waals surface area contributed by atoms with E-state index < -0.39 is 0 Å². The van der Waals surface area contributed by atoms with Gasteiger partial charge in [-0.1, -0.05) is 17.3 Å². The van der Waals surface area contributed by atoms with Crippen LogP contribution in [0, 0.1) is 5.82 Å². The lowest BCUT2D eigenvalue weighted by molar-refractivity contribution is 0.431. The molecular formula is C14H16FN3O. The summed E-state index contributed by atoms with van der Waals surface area (Å²) < 4.78 is 18.6. The normalized spacial score (nSPS) is 16.8. The molecule has 2 aromatic rings. The Bertz CT molecular complexity index is 561. The highest BCUT2D eigenvalue weighted by Gasteiger charge is 2.22. The summed E-state index contributed by atoms with van der Waals surface area (Å²) in [5.41, 5.74) is 7.53. The van der Waals surface area contributed by atoms with Gasteiger partial charge in [-0.25, -0.2) is 4.39 Å². The van der Waals surface area contributed by atoms with Crippen molar-refractivity contribution in [1.82, 2.24) is 5.16 Å². The van der Waals surface area contributed by atoms with Crippen LogP contribution in [-0.2, 0) is 0 Å². The Kier molecular flexibility index (Phi) is 3.21. The van der Waals surface area contributed by atoms with Crippen LogP contribution in [0.25, 0.3) is 11.3 Å². The molecule has 2 N–H and O–H groups in total. The summed E-state index contributed by atoms with van der Waals surface area (Å²) >= 11 is 0. The fraction of sp³-hybridized carbons (Fsp3) is 0.357. The third-order valence-electron chi connectivity index (χ3n) is 3.52. The average molecular weight is 261 g/mol. The first-order valence-corrected chi connectivity index (χ1v) is 6.45. The second-order valence-electron chi connectivity index (χ2n) is 4.87. The van der Waals surface area contributed by atoms with Crippen molar-refractivity contribution in [2.75, 3.05) is 18.0 Å².